The molecule has 14 heteroatoms. The van der Waals surface area contributed by atoms with Gasteiger partial charge in [0.25, 0.3) is 0 Å². The molecule has 0 aromatic carbocycles. The number of ether oxygens (including phenoxy) is 1. The molecule has 2 saturated heterocycles. The molecule has 242 valence electrons. The first-order valence-electron chi connectivity index (χ1n) is 15.8. The van der Waals surface area contributed by atoms with E-state index in [1.165, 1.54) is 6.33 Å². The molecule has 0 unspecified atom stereocenters. The third kappa shape index (κ3) is 5.94. The monoisotopic (exact) mass is 635 g/mol. The SMILES string of the molecule is N#CCC1(n2cc(-c3ncnc4[nH]ccc34)cn2)CC(N2CCC(Oc3cc(CN4CCC[C@@H]4CO)cc(C(F)(F)F)n3)CC2)C1. The van der Waals surface area contributed by atoms with Gasteiger partial charge in [0.05, 0.1) is 36.5 Å². The van der Waals surface area contributed by atoms with Gasteiger partial charge < -0.3 is 14.8 Å². The van der Waals surface area contributed by atoms with Crippen molar-refractivity contribution in [2.24, 2.45) is 0 Å². The lowest BCUT2D eigenvalue weighted by molar-refractivity contribution is -0.141. The standard InChI is InChI=1S/C32H36F3N9O2/c33-32(34,35)27-12-21(17-43-9-1-2-23(43)19-45)13-28(41-27)46-25-4-10-42(11-5-25)24-14-31(15-24,6-7-36)44-18-22(16-40-44)29-26-3-8-37-30(26)39-20-38-29/h3,8,12-13,16,18,20,23-25,45H,1-2,4-6,9-11,14-15,17,19H2,(H,37,38,39)/t23-,24?,31?/m1/s1. The molecule has 4 aromatic rings. The lowest BCUT2D eigenvalue weighted by Gasteiger charge is -2.52. The van der Waals surface area contributed by atoms with Crippen LogP contribution in [0.5, 0.6) is 5.88 Å². The molecule has 1 aliphatic carbocycles. The molecule has 46 heavy (non-hydrogen) atoms. The van der Waals surface area contributed by atoms with Gasteiger partial charge in [-0.05, 0) is 62.8 Å². The van der Waals surface area contributed by atoms with E-state index in [-0.39, 0.29) is 30.7 Å². The zero-order valence-electron chi connectivity index (χ0n) is 25.3. The maximum Gasteiger partial charge on any atom is 0.433 e. The number of hydrogen-bond donors (Lipinski definition) is 2. The van der Waals surface area contributed by atoms with Crippen LogP contribution in [0.4, 0.5) is 13.2 Å². The summed E-state index contributed by atoms with van der Waals surface area (Å²) in [6.45, 7) is 2.52. The first-order chi connectivity index (χ1) is 22.2. The minimum atomic E-state index is -4.59. The fourth-order valence-corrected chi connectivity index (χ4v) is 7.37. The minimum absolute atomic E-state index is 0.00482. The van der Waals surface area contributed by atoms with E-state index in [1.807, 2.05) is 28.0 Å². The fraction of sp³-hybridized carbons (Fsp3) is 0.531. The first kappa shape index (κ1) is 30.6. The third-order valence-corrected chi connectivity index (χ3v) is 9.86. The topological polar surface area (TPSA) is 132 Å². The van der Waals surface area contributed by atoms with Crippen LogP contribution in [0.25, 0.3) is 22.3 Å². The van der Waals surface area contributed by atoms with Crippen LogP contribution in [0.15, 0.2) is 43.1 Å². The van der Waals surface area contributed by atoms with Crippen LogP contribution < -0.4 is 4.74 Å². The number of nitriles is 1. The molecular formula is C32H36F3N9O2. The molecule has 2 N–H and O–H groups in total. The number of aliphatic hydroxyl groups excluding tert-OH is 1. The molecule has 3 fully saturated rings. The Kier molecular flexibility index (Phi) is 8.16. The van der Waals surface area contributed by atoms with E-state index >= 15 is 0 Å². The van der Waals surface area contributed by atoms with Crippen LogP contribution in [0, 0.1) is 11.3 Å². The summed E-state index contributed by atoms with van der Waals surface area (Å²) in [5, 5.41) is 24.9. The summed E-state index contributed by atoms with van der Waals surface area (Å²) in [6.07, 6.45) is 7.24. The van der Waals surface area contributed by atoms with Crippen molar-refractivity contribution >= 4 is 11.0 Å². The van der Waals surface area contributed by atoms with Crippen molar-refractivity contribution in [3.63, 3.8) is 0 Å². The molecule has 11 nitrogen and oxygen atoms in total. The highest BCUT2D eigenvalue weighted by Crippen LogP contribution is 2.46. The second-order valence-corrected chi connectivity index (χ2v) is 12.8. The Labute approximate surface area is 264 Å². The summed E-state index contributed by atoms with van der Waals surface area (Å²) in [5.74, 6) is -0.00482. The summed E-state index contributed by atoms with van der Waals surface area (Å²) >= 11 is 0. The van der Waals surface area contributed by atoms with E-state index in [0.717, 1.165) is 73.7 Å². The van der Waals surface area contributed by atoms with Gasteiger partial charge in [0.15, 0.2) is 0 Å². The summed E-state index contributed by atoms with van der Waals surface area (Å²) in [5.41, 5.74) is 1.53. The number of rotatable bonds is 9. The Hall–Kier alpha value is -4.06. The molecular weight excluding hydrogens is 599 g/mol. The molecule has 0 bridgehead atoms. The zero-order chi connectivity index (χ0) is 31.9. The first-order valence-corrected chi connectivity index (χ1v) is 15.8. The van der Waals surface area contributed by atoms with Gasteiger partial charge in [-0.1, -0.05) is 0 Å². The van der Waals surface area contributed by atoms with Crippen molar-refractivity contribution in [3.05, 3.63) is 54.4 Å². The van der Waals surface area contributed by atoms with Gasteiger partial charge in [0.2, 0.25) is 5.88 Å². The Morgan fingerprint density at radius 2 is 1.96 bits per heavy atom. The number of hydrogen-bond acceptors (Lipinski definition) is 9. The zero-order valence-corrected chi connectivity index (χ0v) is 25.3. The number of aromatic amines is 1. The number of fused-ring (bicyclic) bond motifs is 1. The number of likely N-dealkylation sites (tertiary alicyclic amines) is 2. The largest absolute Gasteiger partial charge is 0.474 e. The van der Waals surface area contributed by atoms with E-state index in [0.29, 0.717) is 31.4 Å². The quantitative estimate of drug-likeness (QED) is 0.273. The van der Waals surface area contributed by atoms with Crippen LogP contribution in [-0.4, -0.2) is 89.1 Å². The van der Waals surface area contributed by atoms with E-state index in [4.69, 9.17) is 4.74 Å². The molecule has 6 heterocycles. The van der Waals surface area contributed by atoms with Crippen LogP contribution >= 0.6 is 0 Å². The molecule has 3 aliphatic rings. The van der Waals surface area contributed by atoms with E-state index in [2.05, 4.69) is 36.0 Å². The van der Waals surface area contributed by atoms with Crippen molar-refractivity contribution < 1.29 is 23.0 Å². The van der Waals surface area contributed by atoms with Crippen LogP contribution in [-0.2, 0) is 18.3 Å². The summed E-state index contributed by atoms with van der Waals surface area (Å²) in [7, 11) is 0. The Morgan fingerprint density at radius 3 is 2.72 bits per heavy atom. The van der Waals surface area contributed by atoms with Gasteiger partial charge in [-0.25, -0.2) is 15.0 Å². The molecule has 1 saturated carbocycles. The van der Waals surface area contributed by atoms with Crippen molar-refractivity contribution in [1.29, 1.82) is 5.26 Å². The number of nitrogens with zero attached hydrogens (tertiary/aromatic N) is 8. The van der Waals surface area contributed by atoms with Crippen LogP contribution in [0.1, 0.15) is 56.2 Å². The summed E-state index contributed by atoms with van der Waals surface area (Å²) in [6, 6.07) is 7.22. The number of piperidine rings is 1. The Bertz CT molecular complexity index is 1720. The smallest absolute Gasteiger partial charge is 0.433 e. The average Bonchev–Trinajstić information content (AvgIpc) is 3.80. The van der Waals surface area contributed by atoms with Gasteiger partial charge in [-0.15, -0.1) is 0 Å². The highest BCUT2D eigenvalue weighted by atomic mass is 19.4. The molecule has 0 spiro atoms. The van der Waals surface area contributed by atoms with Gasteiger partial charge in [-0.3, -0.25) is 14.5 Å². The number of nitrogens with one attached hydrogen (secondary N) is 1. The number of aliphatic hydroxyl groups is 1. The number of H-pyrrole nitrogens is 1. The molecule has 0 radical (unpaired) electrons. The van der Waals surface area contributed by atoms with Gasteiger partial charge in [-0.2, -0.15) is 23.5 Å². The van der Waals surface area contributed by atoms with E-state index in [9.17, 15) is 23.5 Å². The molecule has 7 rings (SSSR count). The second-order valence-electron chi connectivity index (χ2n) is 12.8. The number of pyridine rings is 1. The number of aromatic nitrogens is 6. The van der Waals surface area contributed by atoms with Crippen molar-refractivity contribution in [3.8, 4) is 23.2 Å². The van der Waals surface area contributed by atoms with Crippen LogP contribution in [0.2, 0.25) is 0 Å². The minimum Gasteiger partial charge on any atom is -0.474 e. The molecule has 0 amide bonds. The van der Waals surface area contributed by atoms with Gasteiger partial charge in [0.1, 0.15) is 23.8 Å². The van der Waals surface area contributed by atoms with Crippen molar-refractivity contribution in [2.75, 3.05) is 26.2 Å². The lowest BCUT2D eigenvalue weighted by atomic mass is 9.69. The van der Waals surface area contributed by atoms with E-state index in [1.54, 1.807) is 12.3 Å². The van der Waals surface area contributed by atoms with Gasteiger partial charge >= 0.3 is 6.18 Å². The average molecular weight is 636 g/mol. The van der Waals surface area contributed by atoms with Gasteiger partial charge in [0, 0.05) is 61.1 Å². The maximum absolute atomic E-state index is 13.7. The Balaban J connectivity index is 0.984. The highest BCUT2D eigenvalue weighted by molar-refractivity contribution is 5.90. The van der Waals surface area contributed by atoms with E-state index < -0.39 is 17.4 Å². The van der Waals surface area contributed by atoms with Crippen LogP contribution in [0.3, 0.4) is 0 Å². The number of alkyl halides is 3. The Morgan fingerprint density at radius 1 is 1.13 bits per heavy atom. The lowest BCUT2D eigenvalue weighted by Crippen LogP contribution is -2.58. The molecule has 4 aromatic heterocycles. The fourth-order valence-electron chi connectivity index (χ4n) is 7.37. The maximum atomic E-state index is 13.7. The van der Waals surface area contributed by atoms with Crippen molar-refractivity contribution in [2.45, 2.75) is 81.4 Å². The summed E-state index contributed by atoms with van der Waals surface area (Å²) < 4.78 is 49.2. The molecule has 1 atom stereocenters. The summed E-state index contributed by atoms with van der Waals surface area (Å²) in [4.78, 5) is 20.1. The normalized spacial score (nSPS) is 24.7. The van der Waals surface area contributed by atoms with Crippen molar-refractivity contribution in [1.82, 2.24) is 39.5 Å². The number of halogens is 3. The predicted octanol–water partition coefficient (Wildman–Crippen LogP) is 4.51. The predicted molar refractivity (Wildman–Crippen MR) is 161 cm³/mol. The third-order valence-electron chi connectivity index (χ3n) is 9.86. The molecule has 2 aliphatic heterocycles. The second kappa shape index (κ2) is 12.3. The highest BCUT2D eigenvalue weighted by Gasteiger charge is 2.49.